The van der Waals surface area contributed by atoms with E-state index in [-0.39, 0.29) is 6.10 Å². The Balaban J connectivity index is 1.22. The van der Waals surface area contributed by atoms with E-state index in [4.69, 9.17) is 9.47 Å². The van der Waals surface area contributed by atoms with Gasteiger partial charge in [-0.1, -0.05) is 24.3 Å². The molecule has 1 atom stereocenters. The molecule has 2 heterocycles. The summed E-state index contributed by atoms with van der Waals surface area (Å²) in [7, 11) is 0. The highest BCUT2D eigenvalue weighted by Crippen LogP contribution is 2.35. The Kier molecular flexibility index (Phi) is 10.4. The van der Waals surface area contributed by atoms with Crippen LogP contribution in [0.4, 0.5) is 0 Å². The SMILES string of the molecule is Cc1c(OCCCNCCCn2ccnc2)cccc1-c1cccc(OCCCN2CCC(O)C2)c1C. The third-order valence-electron chi connectivity index (χ3n) is 7.07. The summed E-state index contributed by atoms with van der Waals surface area (Å²) in [6, 6.07) is 12.6. The minimum atomic E-state index is -0.164. The van der Waals surface area contributed by atoms with Gasteiger partial charge in [0.1, 0.15) is 11.5 Å². The molecular formula is C30H42N4O3. The smallest absolute Gasteiger partial charge is 0.122 e. The first-order chi connectivity index (χ1) is 18.1. The lowest BCUT2D eigenvalue weighted by atomic mass is 9.95. The highest BCUT2D eigenvalue weighted by Gasteiger charge is 2.19. The number of nitrogens with zero attached hydrogens (tertiary/aromatic N) is 3. The zero-order chi connectivity index (χ0) is 25.9. The average molecular weight is 507 g/mol. The Labute approximate surface area is 221 Å². The van der Waals surface area contributed by atoms with Crippen LogP contribution in [0.15, 0.2) is 55.1 Å². The van der Waals surface area contributed by atoms with Crippen molar-refractivity contribution in [1.82, 2.24) is 19.8 Å². The predicted molar refractivity (Wildman–Crippen MR) is 148 cm³/mol. The van der Waals surface area contributed by atoms with Gasteiger partial charge in [-0.15, -0.1) is 0 Å². The van der Waals surface area contributed by atoms with Crippen LogP contribution in [-0.4, -0.2) is 71.6 Å². The second-order valence-electron chi connectivity index (χ2n) is 9.91. The summed E-state index contributed by atoms with van der Waals surface area (Å²) in [5.74, 6) is 1.87. The van der Waals surface area contributed by atoms with Crippen LogP contribution in [0.5, 0.6) is 11.5 Å². The molecule has 0 saturated carbocycles. The van der Waals surface area contributed by atoms with E-state index in [2.05, 4.69) is 70.0 Å². The third-order valence-corrected chi connectivity index (χ3v) is 7.07. The topological polar surface area (TPSA) is 71.8 Å². The van der Waals surface area contributed by atoms with Gasteiger partial charge in [-0.05, 0) is 87.0 Å². The molecule has 7 heteroatoms. The van der Waals surface area contributed by atoms with Crippen LogP contribution in [0.3, 0.4) is 0 Å². The van der Waals surface area contributed by atoms with Crippen molar-refractivity contribution in [2.24, 2.45) is 0 Å². The zero-order valence-electron chi connectivity index (χ0n) is 22.4. The van der Waals surface area contributed by atoms with Gasteiger partial charge in [0.05, 0.1) is 25.6 Å². The number of rotatable bonds is 15. The maximum absolute atomic E-state index is 9.69. The van der Waals surface area contributed by atoms with Crippen LogP contribution in [0.1, 0.15) is 36.8 Å². The molecule has 200 valence electrons. The number of likely N-dealkylation sites (tertiary alicyclic amines) is 1. The van der Waals surface area contributed by atoms with Gasteiger partial charge in [0.25, 0.3) is 0 Å². The van der Waals surface area contributed by atoms with E-state index in [1.165, 1.54) is 11.1 Å². The fourth-order valence-electron chi connectivity index (χ4n) is 4.92. The molecule has 1 unspecified atom stereocenters. The number of ether oxygens (including phenoxy) is 2. The number of nitrogens with one attached hydrogen (secondary N) is 1. The first kappa shape index (κ1) is 27.2. The summed E-state index contributed by atoms with van der Waals surface area (Å²) in [5.41, 5.74) is 4.68. The zero-order valence-corrected chi connectivity index (χ0v) is 22.4. The van der Waals surface area contributed by atoms with Gasteiger partial charge < -0.3 is 29.4 Å². The van der Waals surface area contributed by atoms with Gasteiger partial charge in [0.2, 0.25) is 0 Å². The van der Waals surface area contributed by atoms with Crippen molar-refractivity contribution in [1.29, 1.82) is 0 Å². The standard InChI is InChI=1S/C30H42N4O3/c1-24-27(8-3-10-29(24)36-20-6-14-31-13-5-16-34-19-15-32-23-34)28-9-4-11-30(25(28)2)37-21-7-17-33-18-12-26(35)22-33/h3-4,8-11,15,19,23,26,31,35H,5-7,12-14,16-18,20-22H2,1-2H3. The van der Waals surface area contributed by atoms with Gasteiger partial charge in [0.15, 0.2) is 0 Å². The number of hydrogen-bond donors (Lipinski definition) is 2. The second-order valence-corrected chi connectivity index (χ2v) is 9.91. The normalized spacial score (nSPS) is 15.8. The fourth-order valence-corrected chi connectivity index (χ4v) is 4.92. The molecule has 2 aromatic carbocycles. The molecule has 1 aliphatic rings. The van der Waals surface area contributed by atoms with E-state index in [9.17, 15) is 5.11 Å². The van der Waals surface area contributed by atoms with Gasteiger partial charge in [0, 0.05) is 38.6 Å². The van der Waals surface area contributed by atoms with E-state index in [0.717, 1.165) is 87.6 Å². The number of aryl methyl sites for hydroxylation is 1. The molecule has 0 radical (unpaired) electrons. The quantitative estimate of drug-likeness (QED) is 0.297. The van der Waals surface area contributed by atoms with Gasteiger partial charge >= 0.3 is 0 Å². The van der Waals surface area contributed by atoms with Crippen LogP contribution < -0.4 is 14.8 Å². The van der Waals surface area contributed by atoms with E-state index < -0.39 is 0 Å². The summed E-state index contributed by atoms with van der Waals surface area (Å²) in [6.07, 6.45) is 9.41. The van der Waals surface area contributed by atoms with Crippen LogP contribution in [0.2, 0.25) is 0 Å². The number of imidazole rings is 1. The van der Waals surface area contributed by atoms with Crippen molar-refractivity contribution in [3.8, 4) is 22.6 Å². The van der Waals surface area contributed by atoms with Gasteiger partial charge in [-0.25, -0.2) is 4.98 Å². The highest BCUT2D eigenvalue weighted by atomic mass is 16.5. The molecule has 37 heavy (non-hydrogen) atoms. The van der Waals surface area contributed by atoms with Crippen molar-refractivity contribution >= 4 is 0 Å². The van der Waals surface area contributed by atoms with Crippen molar-refractivity contribution in [3.05, 3.63) is 66.2 Å². The Morgan fingerprint density at radius 2 is 1.59 bits per heavy atom. The molecule has 0 spiro atoms. The number of aliphatic hydroxyl groups excluding tert-OH is 1. The number of aliphatic hydroxyl groups is 1. The predicted octanol–water partition coefficient (Wildman–Crippen LogP) is 4.45. The Bertz CT molecular complexity index is 1090. The number of hydrogen-bond acceptors (Lipinski definition) is 6. The Hall–Kier alpha value is -2.87. The molecule has 1 saturated heterocycles. The molecule has 1 fully saturated rings. The van der Waals surface area contributed by atoms with Crippen molar-refractivity contribution < 1.29 is 14.6 Å². The molecule has 2 N–H and O–H groups in total. The minimum absolute atomic E-state index is 0.164. The third kappa shape index (κ3) is 8.06. The molecule has 3 aromatic rings. The van der Waals surface area contributed by atoms with Crippen LogP contribution in [-0.2, 0) is 6.54 Å². The Morgan fingerprint density at radius 3 is 2.22 bits per heavy atom. The van der Waals surface area contributed by atoms with Gasteiger partial charge in [-0.2, -0.15) is 0 Å². The molecule has 0 aliphatic carbocycles. The summed E-state index contributed by atoms with van der Waals surface area (Å²) >= 11 is 0. The average Bonchev–Trinajstić information content (AvgIpc) is 3.57. The number of benzene rings is 2. The van der Waals surface area contributed by atoms with Crippen LogP contribution >= 0.6 is 0 Å². The lowest BCUT2D eigenvalue weighted by Gasteiger charge is -2.18. The van der Waals surface area contributed by atoms with E-state index >= 15 is 0 Å². The fraction of sp³-hybridized carbons (Fsp3) is 0.500. The van der Waals surface area contributed by atoms with Crippen molar-refractivity contribution in [3.63, 3.8) is 0 Å². The lowest BCUT2D eigenvalue weighted by molar-refractivity contribution is 0.173. The minimum Gasteiger partial charge on any atom is -0.493 e. The van der Waals surface area contributed by atoms with Crippen LogP contribution in [0, 0.1) is 13.8 Å². The molecule has 7 nitrogen and oxygen atoms in total. The van der Waals surface area contributed by atoms with Crippen LogP contribution in [0.25, 0.3) is 11.1 Å². The maximum atomic E-state index is 9.69. The molecule has 0 bridgehead atoms. The van der Waals surface area contributed by atoms with E-state index in [1.54, 1.807) is 0 Å². The summed E-state index contributed by atoms with van der Waals surface area (Å²) in [6.45, 7) is 11.3. The first-order valence-corrected chi connectivity index (χ1v) is 13.6. The first-order valence-electron chi connectivity index (χ1n) is 13.6. The monoisotopic (exact) mass is 506 g/mol. The summed E-state index contributed by atoms with van der Waals surface area (Å²) < 4.78 is 14.4. The van der Waals surface area contributed by atoms with Crippen molar-refractivity contribution in [2.75, 3.05) is 45.9 Å². The molecule has 4 rings (SSSR count). The highest BCUT2D eigenvalue weighted by molar-refractivity contribution is 5.74. The maximum Gasteiger partial charge on any atom is 0.122 e. The number of β-amino-alcohol motifs (C(OH)–C–C–N with tert-alkyl or cyclic N) is 1. The molecule has 1 aromatic heterocycles. The molecular weight excluding hydrogens is 464 g/mol. The molecule has 1 aliphatic heterocycles. The largest absolute Gasteiger partial charge is 0.493 e. The number of aromatic nitrogens is 2. The lowest BCUT2D eigenvalue weighted by Crippen LogP contribution is -2.24. The van der Waals surface area contributed by atoms with E-state index in [0.29, 0.717) is 13.2 Å². The molecule has 0 amide bonds. The van der Waals surface area contributed by atoms with Gasteiger partial charge in [-0.3, -0.25) is 0 Å². The summed E-state index contributed by atoms with van der Waals surface area (Å²) in [4.78, 5) is 6.38. The Morgan fingerprint density at radius 1 is 0.919 bits per heavy atom. The van der Waals surface area contributed by atoms with Crippen molar-refractivity contribution in [2.45, 2.75) is 52.2 Å². The summed E-state index contributed by atoms with van der Waals surface area (Å²) in [5, 5.41) is 13.2. The second kappa shape index (κ2) is 14.2. The van der Waals surface area contributed by atoms with E-state index in [1.807, 2.05) is 18.7 Å².